The highest BCUT2D eigenvalue weighted by Gasteiger charge is 2.04. The van der Waals surface area contributed by atoms with Crippen LogP contribution >= 0.6 is 24.4 Å². The maximum Gasteiger partial charge on any atom is 0.323 e. The van der Waals surface area contributed by atoms with Gasteiger partial charge in [0.05, 0.1) is 5.69 Å². The van der Waals surface area contributed by atoms with Gasteiger partial charge in [-0.2, -0.15) is 5.26 Å². The van der Waals surface area contributed by atoms with E-state index < -0.39 is 0 Å². The molecule has 20 heavy (non-hydrogen) atoms. The van der Waals surface area contributed by atoms with Crippen LogP contribution in [-0.2, 0) is 0 Å². The Bertz CT molecular complexity index is 650. The van der Waals surface area contributed by atoms with Crippen molar-refractivity contribution < 1.29 is 4.79 Å². The molecule has 0 saturated carbocycles. The number of amides is 2. The molecule has 0 aliphatic heterocycles. The number of hydrogen-bond donors (Lipinski definition) is 3. The quantitative estimate of drug-likeness (QED) is 0.452. The van der Waals surface area contributed by atoms with Crippen molar-refractivity contribution in [1.82, 2.24) is 0 Å². The van der Waals surface area contributed by atoms with Gasteiger partial charge in [0.1, 0.15) is 5.40 Å². The molecule has 0 aliphatic carbocycles. The molecule has 0 atom stereocenters. The number of thioether (sulfide) groups is 1. The fourth-order valence-corrected chi connectivity index (χ4v) is 2.12. The third-order valence-electron chi connectivity index (χ3n) is 2.43. The van der Waals surface area contributed by atoms with E-state index in [-0.39, 0.29) is 6.03 Å². The summed E-state index contributed by atoms with van der Waals surface area (Å²) in [6.45, 7) is 0. The van der Waals surface area contributed by atoms with E-state index in [0.29, 0.717) is 16.3 Å². The van der Waals surface area contributed by atoms with E-state index in [2.05, 4.69) is 23.3 Å². The van der Waals surface area contributed by atoms with Crippen molar-refractivity contribution in [2.45, 2.75) is 9.79 Å². The molecule has 0 aromatic heterocycles. The Kier molecular flexibility index (Phi) is 4.93. The smallest absolute Gasteiger partial charge is 0.308 e. The van der Waals surface area contributed by atoms with Crippen LogP contribution in [-0.4, -0.2) is 6.03 Å². The minimum Gasteiger partial charge on any atom is -0.308 e. The number of nitrogens with one attached hydrogen (secondary N) is 2. The number of carbonyl (C=O) groups excluding carboxylic acids is 1. The van der Waals surface area contributed by atoms with Gasteiger partial charge >= 0.3 is 6.03 Å². The zero-order valence-corrected chi connectivity index (χ0v) is 12.0. The van der Waals surface area contributed by atoms with E-state index in [4.69, 9.17) is 5.26 Å². The predicted octanol–water partition coefficient (Wildman–Crippen LogP) is 4.19. The Morgan fingerprint density at radius 3 is 2.45 bits per heavy atom. The molecule has 0 unspecified atom stereocenters. The largest absolute Gasteiger partial charge is 0.323 e. The molecule has 100 valence electrons. The van der Waals surface area contributed by atoms with E-state index in [0.717, 1.165) is 16.7 Å². The Hall–Kier alpha value is -2.10. The van der Waals surface area contributed by atoms with Crippen LogP contribution < -0.4 is 10.6 Å². The first-order valence-electron chi connectivity index (χ1n) is 5.71. The van der Waals surface area contributed by atoms with Gasteiger partial charge in [0.25, 0.3) is 0 Å². The first-order chi connectivity index (χ1) is 9.69. The summed E-state index contributed by atoms with van der Waals surface area (Å²) in [5.74, 6) is 0. The molecule has 2 rings (SSSR count). The SMILES string of the molecule is N#CSc1ccc(NC(=O)Nc2ccccc2S)cc1. The second kappa shape index (κ2) is 6.89. The number of anilines is 2. The molecule has 0 bridgehead atoms. The van der Waals surface area contributed by atoms with E-state index >= 15 is 0 Å². The van der Waals surface area contributed by atoms with Crippen molar-refractivity contribution in [2.24, 2.45) is 0 Å². The number of benzene rings is 2. The Morgan fingerprint density at radius 1 is 1.10 bits per heavy atom. The second-order valence-electron chi connectivity index (χ2n) is 3.81. The summed E-state index contributed by atoms with van der Waals surface area (Å²) in [5.41, 5.74) is 1.30. The summed E-state index contributed by atoms with van der Waals surface area (Å²) in [6.07, 6.45) is 0. The third-order valence-corrected chi connectivity index (χ3v) is 3.42. The fraction of sp³-hybridized carbons (Fsp3) is 0. The summed E-state index contributed by atoms with van der Waals surface area (Å²) in [7, 11) is 0. The van der Waals surface area contributed by atoms with E-state index in [1.165, 1.54) is 0 Å². The zero-order chi connectivity index (χ0) is 14.4. The van der Waals surface area contributed by atoms with Crippen LogP contribution in [0.1, 0.15) is 0 Å². The van der Waals surface area contributed by atoms with Crippen LogP contribution in [0.25, 0.3) is 0 Å². The van der Waals surface area contributed by atoms with Gasteiger partial charge in [-0.05, 0) is 48.2 Å². The van der Waals surface area contributed by atoms with Gasteiger partial charge in [-0.15, -0.1) is 12.6 Å². The molecule has 0 fully saturated rings. The van der Waals surface area contributed by atoms with Gasteiger partial charge in [0.2, 0.25) is 0 Å². The number of rotatable bonds is 3. The minimum absolute atomic E-state index is 0.341. The molecule has 0 aliphatic rings. The molecular formula is C14H11N3OS2. The van der Waals surface area contributed by atoms with Crippen molar-refractivity contribution in [1.29, 1.82) is 5.26 Å². The molecule has 0 heterocycles. The third kappa shape index (κ3) is 3.95. The molecule has 0 spiro atoms. The average Bonchev–Trinajstić information content (AvgIpc) is 2.44. The molecule has 0 saturated heterocycles. The number of para-hydroxylation sites is 1. The van der Waals surface area contributed by atoms with Gasteiger partial charge in [-0.3, -0.25) is 0 Å². The topological polar surface area (TPSA) is 64.9 Å². The van der Waals surface area contributed by atoms with Gasteiger partial charge in [-0.1, -0.05) is 12.1 Å². The van der Waals surface area contributed by atoms with E-state index in [9.17, 15) is 4.79 Å². The van der Waals surface area contributed by atoms with Crippen LogP contribution in [0, 0.1) is 10.7 Å². The van der Waals surface area contributed by atoms with Crippen LogP contribution in [0.2, 0.25) is 0 Å². The predicted molar refractivity (Wildman–Crippen MR) is 84.2 cm³/mol. The molecule has 2 N–H and O–H groups in total. The molecule has 4 nitrogen and oxygen atoms in total. The van der Waals surface area contributed by atoms with Crippen molar-refractivity contribution in [3.63, 3.8) is 0 Å². The first kappa shape index (κ1) is 14.3. The van der Waals surface area contributed by atoms with Crippen molar-refractivity contribution in [3.05, 3.63) is 48.5 Å². The maximum absolute atomic E-state index is 11.8. The van der Waals surface area contributed by atoms with Crippen LogP contribution in [0.4, 0.5) is 16.2 Å². The number of thiol groups is 1. The molecular weight excluding hydrogens is 290 g/mol. The summed E-state index contributed by atoms with van der Waals surface area (Å²) < 4.78 is 0. The monoisotopic (exact) mass is 301 g/mol. The van der Waals surface area contributed by atoms with Gasteiger partial charge in [-0.25, -0.2) is 4.79 Å². The zero-order valence-electron chi connectivity index (χ0n) is 10.3. The van der Waals surface area contributed by atoms with Gasteiger partial charge < -0.3 is 10.6 Å². The Morgan fingerprint density at radius 2 is 1.80 bits per heavy atom. The summed E-state index contributed by atoms with van der Waals surface area (Å²) in [4.78, 5) is 13.4. The second-order valence-corrected chi connectivity index (χ2v) is 5.15. The highest BCUT2D eigenvalue weighted by Crippen LogP contribution is 2.20. The van der Waals surface area contributed by atoms with Crippen LogP contribution in [0.3, 0.4) is 0 Å². The Balaban J connectivity index is 1.98. The van der Waals surface area contributed by atoms with Gasteiger partial charge in [0.15, 0.2) is 0 Å². The van der Waals surface area contributed by atoms with Crippen LogP contribution in [0.5, 0.6) is 0 Å². The standard InChI is InChI=1S/C14H11N3OS2/c15-9-20-11-7-5-10(6-8-11)16-14(18)17-12-3-1-2-4-13(12)19/h1-8,19H,(H2,16,17,18). The van der Waals surface area contributed by atoms with E-state index in [1.807, 2.05) is 17.5 Å². The molecule has 2 aromatic rings. The highest BCUT2D eigenvalue weighted by atomic mass is 32.2. The number of hydrogen-bond acceptors (Lipinski definition) is 4. The van der Waals surface area contributed by atoms with Crippen molar-refractivity contribution >= 4 is 41.8 Å². The molecule has 6 heteroatoms. The number of nitrogens with zero attached hydrogens (tertiary/aromatic N) is 1. The maximum atomic E-state index is 11.8. The van der Waals surface area contributed by atoms with Crippen molar-refractivity contribution in [2.75, 3.05) is 10.6 Å². The number of urea groups is 1. The summed E-state index contributed by atoms with van der Waals surface area (Å²) in [5, 5.41) is 16.0. The molecule has 2 amide bonds. The van der Waals surface area contributed by atoms with E-state index in [1.54, 1.807) is 36.4 Å². The Labute approximate surface area is 126 Å². The van der Waals surface area contributed by atoms with Crippen molar-refractivity contribution in [3.8, 4) is 5.40 Å². The summed E-state index contributed by atoms with van der Waals surface area (Å²) >= 11 is 5.33. The molecule has 0 radical (unpaired) electrons. The minimum atomic E-state index is -0.341. The average molecular weight is 301 g/mol. The van der Waals surface area contributed by atoms with Gasteiger partial charge in [0, 0.05) is 15.5 Å². The lowest BCUT2D eigenvalue weighted by molar-refractivity contribution is 0.262. The first-order valence-corrected chi connectivity index (χ1v) is 6.97. The normalized spacial score (nSPS) is 9.60. The lowest BCUT2D eigenvalue weighted by Crippen LogP contribution is -2.19. The molecule has 2 aromatic carbocycles. The highest BCUT2D eigenvalue weighted by molar-refractivity contribution is 8.03. The van der Waals surface area contributed by atoms with Crippen LogP contribution in [0.15, 0.2) is 58.3 Å². The summed E-state index contributed by atoms with van der Waals surface area (Å²) in [6, 6.07) is 13.9. The number of thiocyanates is 1. The fourth-order valence-electron chi connectivity index (χ4n) is 1.52. The lowest BCUT2D eigenvalue weighted by atomic mass is 10.3. The number of carbonyl (C=O) groups is 1. The lowest BCUT2D eigenvalue weighted by Gasteiger charge is -2.09. The number of nitriles is 1.